The lowest BCUT2D eigenvalue weighted by atomic mass is 9.96. The van der Waals surface area contributed by atoms with Gasteiger partial charge in [0.15, 0.2) is 11.5 Å². The summed E-state index contributed by atoms with van der Waals surface area (Å²) in [6.07, 6.45) is 5.72. The van der Waals surface area contributed by atoms with Gasteiger partial charge < -0.3 is 19.1 Å². The summed E-state index contributed by atoms with van der Waals surface area (Å²) in [7, 11) is -0.0989. The van der Waals surface area contributed by atoms with Crippen molar-refractivity contribution in [1.29, 1.82) is 0 Å². The van der Waals surface area contributed by atoms with E-state index in [2.05, 4.69) is 9.62 Å². The third-order valence-electron chi connectivity index (χ3n) is 5.51. The highest BCUT2D eigenvalue weighted by molar-refractivity contribution is 7.89. The van der Waals surface area contributed by atoms with Crippen molar-refractivity contribution >= 4 is 10.0 Å². The maximum atomic E-state index is 13.3. The standard InChI is InChI=1S/C18H26N2O5S/c1-20-9-8-13-14(10-20)15(23-2)16-17(25-11-24-16)18(13)26(21,22)19-12-6-4-3-5-7-12/h12,19H,3-11H2,1-2H3. The number of benzene rings is 1. The first kappa shape index (κ1) is 17.9. The molecule has 0 aromatic heterocycles. The molecule has 0 unspecified atom stereocenters. The number of nitrogens with one attached hydrogen (secondary N) is 1. The lowest BCUT2D eigenvalue weighted by Crippen LogP contribution is -2.37. The Morgan fingerprint density at radius 1 is 1.12 bits per heavy atom. The van der Waals surface area contributed by atoms with Crippen molar-refractivity contribution in [3.8, 4) is 17.2 Å². The van der Waals surface area contributed by atoms with Crippen LogP contribution in [-0.4, -0.2) is 46.9 Å². The molecular weight excluding hydrogens is 356 g/mol. The summed E-state index contributed by atoms with van der Waals surface area (Å²) >= 11 is 0. The van der Waals surface area contributed by atoms with Gasteiger partial charge in [0.25, 0.3) is 0 Å². The van der Waals surface area contributed by atoms with Crippen LogP contribution in [0.4, 0.5) is 0 Å². The number of sulfonamides is 1. The normalized spacial score (nSPS) is 20.8. The number of hydrogen-bond acceptors (Lipinski definition) is 6. The second-order valence-corrected chi connectivity index (χ2v) is 8.98. The lowest BCUT2D eigenvalue weighted by Gasteiger charge is -2.30. The molecule has 0 saturated heterocycles. The molecule has 7 nitrogen and oxygen atoms in total. The van der Waals surface area contributed by atoms with E-state index in [0.717, 1.165) is 43.4 Å². The largest absolute Gasteiger partial charge is 0.492 e. The summed E-state index contributed by atoms with van der Waals surface area (Å²) in [5.74, 6) is 1.30. The van der Waals surface area contributed by atoms with Gasteiger partial charge in [0.2, 0.25) is 22.6 Å². The summed E-state index contributed by atoms with van der Waals surface area (Å²) in [5, 5.41) is 0. The molecule has 8 heteroatoms. The van der Waals surface area contributed by atoms with Gasteiger partial charge in [-0.15, -0.1) is 0 Å². The average molecular weight is 382 g/mol. The predicted octanol–water partition coefficient (Wildman–Crippen LogP) is 2.02. The lowest BCUT2D eigenvalue weighted by molar-refractivity contribution is 0.169. The molecule has 1 aromatic rings. The highest BCUT2D eigenvalue weighted by Crippen LogP contribution is 2.51. The molecule has 0 atom stereocenters. The molecule has 0 spiro atoms. The van der Waals surface area contributed by atoms with Gasteiger partial charge in [-0.2, -0.15) is 0 Å². The molecular formula is C18H26N2O5S. The number of nitrogens with zero attached hydrogens (tertiary/aromatic N) is 1. The number of hydrogen-bond donors (Lipinski definition) is 1. The van der Waals surface area contributed by atoms with E-state index < -0.39 is 10.0 Å². The van der Waals surface area contributed by atoms with Crippen LogP contribution in [0.3, 0.4) is 0 Å². The van der Waals surface area contributed by atoms with Crippen LogP contribution in [0, 0.1) is 0 Å². The van der Waals surface area contributed by atoms with Gasteiger partial charge in [0, 0.05) is 24.7 Å². The van der Waals surface area contributed by atoms with Crippen molar-refractivity contribution in [2.45, 2.75) is 56.0 Å². The highest BCUT2D eigenvalue weighted by Gasteiger charge is 2.38. The molecule has 0 amide bonds. The smallest absolute Gasteiger partial charge is 0.244 e. The van der Waals surface area contributed by atoms with E-state index in [-0.39, 0.29) is 17.7 Å². The fraction of sp³-hybridized carbons (Fsp3) is 0.667. The van der Waals surface area contributed by atoms with E-state index in [1.807, 2.05) is 7.05 Å². The third kappa shape index (κ3) is 3.04. The zero-order valence-corrected chi connectivity index (χ0v) is 16.2. The van der Waals surface area contributed by atoms with Crippen LogP contribution in [0.2, 0.25) is 0 Å². The second kappa shape index (κ2) is 6.90. The second-order valence-electron chi connectivity index (χ2n) is 7.33. The minimum atomic E-state index is -3.70. The Labute approximate surface area is 154 Å². The van der Waals surface area contributed by atoms with Crippen LogP contribution in [0.15, 0.2) is 4.90 Å². The summed E-state index contributed by atoms with van der Waals surface area (Å²) in [6.45, 7) is 1.43. The Bertz CT molecular complexity index is 803. The Balaban J connectivity index is 1.83. The van der Waals surface area contributed by atoms with E-state index in [1.54, 1.807) is 7.11 Å². The highest BCUT2D eigenvalue weighted by atomic mass is 32.2. The van der Waals surface area contributed by atoms with Gasteiger partial charge >= 0.3 is 0 Å². The summed E-state index contributed by atoms with van der Waals surface area (Å²) in [6, 6.07) is -0.00395. The molecule has 0 bridgehead atoms. The maximum absolute atomic E-state index is 13.3. The SMILES string of the molecule is COc1c2c(c(S(=O)(=O)NC3CCCCC3)c3c1OCO3)CCN(C)C2. The zero-order chi connectivity index (χ0) is 18.3. The fourth-order valence-corrected chi connectivity index (χ4v) is 5.98. The molecule has 144 valence electrons. The third-order valence-corrected chi connectivity index (χ3v) is 7.12. The summed E-state index contributed by atoms with van der Waals surface area (Å²) < 4.78 is 46.3. The number of likely N-dealkylation sites (N-methyl/N-ethyl adjacent to an activating group) is 1. The van der Waals surface area contributed by atoms with Crippen molar-refractivity contribution in [3.63, 3.8) is 0 Å². The number of ether oxygens (including phenoxy) is 3. The van der Waals surface area contributed by atoms with Gasteiger partial charge in [0.1, 0.15) is 4.90 Å². The monoisotopic (exact) mass is 382 g/mol. The van der Waals surface area contributed by atoms with E-state index >= 15 is 0 Å². The molecule has 1 saturated carbocycles. The van der Waals surface area contributed by atoms with Gasteiger partial charge in [-0.3, -0.25) is 0 Å². The van der Waals surface area contributed by atoms with E-state index in [1.165, 1.54) is 6.42 Å². The van der Waals surface area contributed by atoms with Crippen molar-refractivity contribution in [1.82, 2.24) is 9.62 Å². The fourth-order valence-electron chi connectivity index (χ4n) is 4.25. The molecule has 1 N–H and O–H groups in total. The summed E-state index contributed by atoms with van der Waals surface area (Å²) in [5.41, 5.74) is 1.68. The minimum absolute atomic E-state index is 0.00395. The van der Waals surface area contributed by atoms with Crippen molar-refractivity contribution in [3.05, 3.63) is 11.1 Å². The van der Waals surface area contributed by atoms with Crippen LogP contribution >= 0.6 is 0 Å². The first-order valence-electron chi connectivity index (χ1n) is 9.23. The van der Waals surface area contributed by atoms with Crippen molar-refractivity contribution < 1.29 is 22.6 Å². The molecule has 4 rings (SSSR count). The molecule has 2 aliphatic heterocycles. The summed E-state index contributed by atoms with van der Waals surface area (Å²) in [4.78, 5) is 2.40. The molecule has 2 heterocycles. The van der Waals surface area contributed by atoms with Gasteiger partial charge in [-0.1, -0.05) is 19.3 Å². The first-order chi connectivity index (χ1) is 12.5. The average Bonchev–Trinajstić information content (AvgIpc) is 3.08. The Morgan fingerprint density at radius 3 is 2.58 bits per heavy atom. The van der Waals surface area contributed by atoms with E-state index in [0.29, 0.717) is 30.2 Å². The first-order valence-corrected chi connectivity index (χ1v) is 10.7. The molecule has 1 fully saturated rings. The number of rotatable bonds is 4. The molecule has 1 aromatic carbocycles. The van der Waals surface area contributed by atoms with Crippen LogP contribution in [0.25, 0.3) is 0 Å². The van der Waals surface area contributed by atoms with Crippen LogP contribution in [0.5, 0.6) is 17.2 Å². The topological polar surface area (TPSA) is 77.1 Å². The van der Waals surface area contributed by atoms with Gasteiger partial charge in [-0.05, 0) is 31.9 Å². The number of fused-ring (bicyclic) bond motifs is 2. The van der Waals surface area contributed by atoms with Crippen LogP contribution in [-0.2, 0) is 23.0 Å². The number of methoxy groups -OCH3 is 1. The van der Waals surface area contributed by atoms with Crippen LogP contribution in [0.1, 0.15) is 43.2 Å². The molecule has 3 aliphatic rings. The van der Waals surface area contributed by atoms with E-state index in [4.69, 9.17) is 14.2 Å². The Hall–Kier alpha value is -1.51. The van der Waals surface area contributed by atoms with Crippen molar-refractivity contribution in [2.75, 3.05) is 27.5 Å². The van der Waals surface area contributed by atoms with Crippen molar-refractivity contribution in [2.24, 2.45) is 0 Å². The zero-order valence-electron chi connectivity index (χ0n) is 15.3. The molecule has 1 aliphatic carbocycles. The quantitative estimate of drug-likeness (QED) is 0.859. The maximum Gasteiger partial charge on any atom is 0.244 e. The Kier molecular flexibility index (Phi) is 4.75. The van der Waals surface area contributed by atoms with Gasteiger partial charge in [-0.25, -0.2) is 13.1 Å². The molecule has 26 heavy (non-hydrogen) atoms. The molecule has 0 radical (unpaired) electrons. The predicted molar refractivity (Wildman–Crippen MR) is 96.3 cm³/mol. The van der Waals surface area contributed by atoms with Crippen LogP contribution < -0.4 is 18.9 Å². The van der Waals surface area contributed by atoms with E-state index in [9.17, 15) is 8.42 Å². The minimum Gasteiger partial charge on any atom is -0.492 e. The van der Waals surface area contributed by atoms with Gasteiger partial charge in [0.05, 0.1) is 7.11 Å². The Morgan fingerprint density at radius 2 is 1.85 bits per heavy atom.